The number of halogens is 3. The van der Waals surface area contributed by atoms with E-state index in [1.807, 2.05) is 36.4 Å². The predicted molar refractivity (Wildman–Crippen MR) is 138 cm³/mol. The zero-order valence-corrected chi connectivity index (χ0v) is 19.8. The Kier molecular flexibility index (Phi) is 6.12. The van der Waals surface area contributed by atoms with Gasteiger partial charge in [0, 0.05) is 27.3 Å². The first-order valence-corrected chi connectivity index (χ1v) is 11.5. The summed E-state index contributed by atoms with van der Waals surface area (Å²) in [6.07, 6.45) is 0. The third-order valence-corrected chi connectivity index (χ3v) is 6.15. The fourth-order valence-corrected chi connectivity index (χ4v) is 4.45. The minimum atomic E-state index is -0.596. The summed E-state index contributed by atoms with van der Waals surface area (Å²) in [7, 11) is 0. The quantitative estimate of drug-likeness (QED) is 0.272. The van der Waals surface area contributed by atoms with Crippen LogP contribution in [0.4, 0.5) is 4.39 Å². The topological polar surface area (TPSA) is 60.9 Å². The van der Waals surface area contributed by atoms with Crippen LogP contribution in [0.5, 0.6) is 0 Å². The Hall–Kier alpha value is -3.93. The third-order valence-electron chi connectivity index (χ3n) is 5.63. The summed E-state index contributed by atoms with van der Waals surface area (Å²) in [4.78, 5) is 17.3. The fraction of sp³-hybridized carbons (Fsp3) is 0. The Balaban J connectivity index is 1.97. The van der Waals surface area contributed by atoms with Crippen molar-refractivity contribution in [2.24, 2.45) is 5.73 Å². The van der Waals surface area contributed by atoms with Gasteiger partial charge in [0.25, 0.3) is 0 Å². The molecule has 0 spiro atoms. The van der Waals surface area contributed by atoms with Crippen LogP contribution in [-0.2, 0) is 0 Å². The smallest absolute Gasteiger partial charge is 0.249 e. The molecule has 0 saturated heterocycles. The number of nitrogens with zero attached hydrogens (tertiary/aromatic N) is 2. The molecule has 0 aliphatic rings. The van der Waals surface area contributed by atoms with E-state index in [0.29, 0.717) is 38.9 Å². The molecule has 0 atom stereocenters. The van der Waals surface area contributed by atoms with Crippen LogP contribution in [0.3, 0.4) is 0 Å². The number of benzene rings is 4. The highest BCUT2D eigenvalue weighted by Crippen LogP contribution is 2.41. The van der Waals surface area contributed by atoms with Gasteiger partial charge >= 0.3 is 0 Å². The van der Waals surface area contributed by atoms with Crippen LogP contribution in [0.2, 0.25) is 10.0 Å². The van der Waals surface area contributed by atoms with Gasteiger partial charge in [-0.15, -0.1) is 0 Å². The second-order valence-electron chi connectivity index (χ2n) is 7.83. The summed E-state index contributed by atoms with van der Waals surface area (Å²) < 4.78 is 17.2. The van der Waals surface area contributed by atoms with Crippen molar-refractivity contribution in [3.63, 3.8) is 0 Å². The van der Waals surface area contributed by atoms with Gasteiger partial charge in [-0.05, 0) is 30.3 Å². The lowest BCUT2D eigenvalue weighted by molar-refractivity contribution is 0.100. The lowest BCUT2D eigenvalue weighted by Gasteiger charge is -2.15. The Bertz CT molecular complexity index is 1560. The molecular weight excluding hydrogens is 484 g/mol. The molecule has 0 aliphatic heterocycles. The van der Waals surface area contributed by atoms with E-state index >= 15 is 4.39 Å². The van der Waals surface area contributed by atoms with E-state index in [9.17, 15) is 4.79 Å². The molecule has 0 radical (unpaired) electrons. The average Bonchev–Trinajstić information content (AvgIpc) is 3.26. The van der Waals surface area contributed by atoms with Crippen molar-refractivity contribution >= 4 is 29.1 Å². The van der Waals surface area contributed by atoms with Crippen LogP contribution in [-0.4, -0.2) is 15.5 Å². The Morgan fingerprint density at radius 2 is 1.51 bits per heavy atom. The molecule has 7 heteroatoms. The lowest BCUT2D eigenvalue weighted by atomic mass is 9.99. The number of rotatable bonds is 5. The molecule has 2 N–H and O–H groups in total. The molecule has 0 bridgehead atoms. The van der Waals surface area contributed by atoms with E-state index in [2.05, 4.69) is 0 Å². The zero-order valence-electron chi connectivity index (χ0n) is 18.3. The standard InChI is InChI=1S/C28H18Cl2FN3O/c29-19-11-6-10-18(16-19)26-25(20-12-4-5-13-21(20)27(32)35)33-28(17-8-2-1-3-9-17)34(26)23-15-7-14-22(30)24(23)31/h1-16H,(H2,32,35). The first kappa shape index (κ1) is 22.8. The fourth-order valence-electron chi connectivity index (χ4n) is 4.10. The maximum atomic E-state index is 15.5. The van der Waals surface area contributed by atoms with Crippen molar-refractivity contribution < 1.29 is 9.18 Å². The van der Waals surface area contributed by atoms with Gasteiger partial charge in [-0.3, -0.25) is 9.36 Å². The van der Waals surface area contributed by atoms with Crippen molar-refractivity contribution in [3.05, 3.63) is 118 Å². The van der Waals surface area contributed by atoms with Crippen molar-refractivity contribution in [1.29, 1.82) is 0 Å². The van der Waals surface area contributed by atoms with Crippen LogP contribution >= 0.6 is 23.2 Å². The van der Waals surface area contributed by atoms with Gasteiger partial charge in [-0.25, -0.2) is 9.37 Å². The molecule has 1 heterocycles. The first-order valence-electron chi connectivity index (χ1n) is 10.7. The molecule has 5 rings (SSSR count). The van der Waals surface area contributed by atoms with E-state index < -0.39 is 11.7 Å². The number of hydrogen-bond acceptors (Lipinski definition) is 2. The molecule has 1 amide bonds. The van der Waals surface area contributed by atoms with Crippen molar-refractivity contribution in [2.75, 3.05) is 0 Å². The number of hydrogen-bond donors (Lipinski definition) is 1. The van der Waals surface area contributed by atoms with Gasteiger partial charge in [0.05, 0.1) is 22.1 Å². The van der Waals surface area contributed by atoms with Crippen LogP contribution < -0.4 is 5.73 Å². The van der Waals surface area contributed by atoms with Crippen LogP contribution in [0.1, 0.15) is 10.4 Å². The van der Waals surface area contributed by atoms with Crippen LogP contribution in [0.25, 0.3) is 39.6 Å². The van der Waals surface area contributed by atoms with Crippen molar-refractivity contribution in [1.82, 2.24) is 9.55 Å². The molecule has 35 heavy (non-hydrogen) atoms. The second-order valence-corrected chi connectivity index (χ2v) is 8.67. The second kappa shape index (κ2) is 9.37. The van der Waals surface area contributed by atoms with Crippen molar-refractivity contribution in [2.45, 2.75) is 0 Å². The molecule has 0 saturated carbocycles. The summed E-state index contributed by atoms with van der Waals surface area (Å²) in [5.74, 6) is -0.722. The Morgan fingerprint density at radius 1 is 0.829 bits per heavy atom. The molecule has 0 fully saturated rings. The highest BCUT2D eigenvalue weighted by molar-refractivity contribution is 6.31. The molecule has 0 unspecified atom stereocenters. The number of carbonyl (C=O) groups is 1. The SMILES string of the molecule is NC(=O)c1ccccc1-c1nc(-c2ccccc2)n(-c2cccc(Cl)c2F)c1-c1cccc(Cl)c1. The van der Waals surface area contributed by atoms with E-state index in [1.165, 1.54) is 6.07 Å². The molecule has 4 aromatic carbocycles. The van der Waals surface area contributed by atoms with Gasteiger partial charge in [0.15, 0.2) is 5.82 Å². The summed E-state index contributed by atoms with van der Waals surface area (Å²) in [5, 5.41) is 0.476. The molecule has 5 aromatic rings. The van der Waals surface area contributed by atoms with Gasteiger partial charge in [0.2, 0.25) is 5.91 Å². The number of primary amides is 1. The first-order chi connectivity index (χ1) is 17.0. The Morgan fingerprint density at radius 3 is 2.26 bits per heavy atom. The molecular formula is C28H18Cl2FN3O. The largest absolute Gasteiger partial charge is 0.366 e. The summed E-state index contributed by atoms with van der Waals surface area (Å²) in [6.45, 7) is 0. The minimum absolute atomic E-state index is 0.0219. The number of amides is 1. The molecule has 172 valence electrons. The van der Waals surface area contributed by atoms with E-state index in [0.717, 1.165) is 5.56 Å². The number of aromatic nitrogens is 2. The van der Waals surface area contributed by atoms with Crippen molar-refractivity contribution in [3.8, 4) is 39.6 Å². The van der Waals surface area contributed by atoms with Crippen LogP contribution in [0.15, 0.2) is 97.1 Å². The summed E-state index contributed by atoms with van der Waals surface area (Å²) >= 11 is 12.5. The highest BCUT2D eigenvalue weighted by Gasteiger charge is 2.26. The molecule has 1 aromatic heterocycles. The normalized spacial score (nSPS) is 10.9. The maximum absolute atomic E-state index is 15.5. The highest BCUT2D eigenvalue weighted by atomic mass is 35.5. The predicted octanol–water partition coefficient (Wildman–Crippen LogP) is 7.42. The monoisotopic (exact) mass is 501 g/mol. The van der Waals surface area contributed by atoms with Gasteiger partial charge < -0.3 is 5.73 Å². The van der Waals surface area contributed by atoms with Gasteiger partial charge in [0.1, 0.15) is 5.82 Å². The van der Waals surface area contributed by atoms with Gasteiger partial charge in [-0.2, -0.15) is 0 Å². The zero-order chi connectivity index (χ0) is 24.5. The van der Waals surface area contributed by atoms with E-state index in [4.69, 9.17) is 33.9 Å². The number of carbonyl (C=O) groups excluding carboxylic acids is 1. The molecule has 0 aliphatic carbocycles. The average molecular weight is 502 g/mol. The third kappa shape index (κ3) is 4.20. The van der Waals surface area contributed by atoms with Gasteiger partial charge in [-0.1, -0.05) is 89.9 Å². The Labute approximate surface area is 211 Å². The summed E-state index contributed by atoms with van der Waals surface area (Å²) in [6, 6.07) is 28.3. The van der Waals surface area contributed by atoms with E-state index in [-0.39, 0.29) is 10.7 Å². The molecule has 4 nitrogen and oxygen atoms in total. The number of imidazole rings is 1. The number of nitrogens with two attached hydrogens (primary N) is 1. The minimum Gasteiger partial charge on any atom is -0.366 e. The summed E-state index contributed by atoms with van der Waals surface area (Å²) in [5.41, 5.74) is 9.16. The lowest BCUT2D eigenvalue weighted by Crippen LogP contribution is -2.12. The van der Waals surface area contributed by atoms with Crippen LogP contribution in [0, 0.1) is 5.82 Å². The van der Waals surface area contributed by atoms with E-state index in [1.54, 1.807) is 59.2 Å². The maximum Gasteiger partial charge on any atom is 0.249 e.